The monoisotopic (exact) mass is 352 g/mol. The van der Waals surface area contributed by atoms with E-state index in [1.165, 1.54) is 10.4 Å². The highest BCUT2D eigenvalue weighted by Gasteiger charge is 2.31. The third-order valence-electron chi connectivity index (χ3n) is 5.46. The molecule has 3 nitrogen and oxygen atoms in total. The Bertz CT molecular complexity index is 963. The molecule has 1 aromatic carbocycles. The van der Waals surface area contributed by atoms with Crippen LogP contribution in [0.25, 0.3) is 10.2 Å². The van der Waals surface area contributed by atoms with E-state index in [-0.39, 0.29) is 5.56 Å². The standard InChI is InChI=1S/C21H24N2OS/c1-21(2,3)15-9-10-16-17(11-15)25-19-18(16)20(24)23(13-22-19)12-14-7-5-4-6-8-14/h4-8,13,15H,9-12H2,1-3H3. The Labute approximate surface area is 152 Å². The number of fused-ring (bicyclic) bond motifs is 3. The van der Waals surface area contributed by atoms with Crippen molar-refractivity contribution in [3.05, 3.63) is 63.0 Å². The van der Waals surface area contributed by atoms with Crippen molar-refractivity contribution in [1.82, 2.24) is 9.55 Å². The lowest BCUT2D eigenvalue weighted by Gasteiger charge is -2.33. The largest absolute Gasteiger partial charge is 0.294 e. The molecule has 0 radical (unpaired) electrons. The second-order valence-corrected chi connectivity index (χ2v) is 9.24. The smallest absolute Gasteiger partial charge is 0.262 e. The maximum absolute atomic E-state index is 13.1. The van der Waals surface area contributed by atoms with E-state index in [1.807, 2.05) is 30.3 Å². The number of hydrogen-bond acceptors (Lipinski definition) is 3. The Kier molecular flexibility index (Phi) is 4.03. The van der Waals surface area contributed by atoms with Crippen molar-refractivity contribution in [2.24, 2.45) is 11.3 Å². The number of hydrogen-bond donors (Lipinski definition) is 0. The second-order valence-electron chi connectivity index (χ2n) is 8.15. The summed E-state index contributed by atoms with van der Waals surface area (Å²) in [6.07, 6.45) is 4.96. The summed E-state index contributed by atoms with van der Waals surface area (Å²) in [5, 5.41) is 0.866. The number of benzene rings is 1. The van der Waals surface area contributed by atoms with Crippen LogP contribution in [0.15, 0.2) is 41.5 Å². The molecule has 4 rings (SSSR count). The van der Waals surface area contributed by atoms with Crippen molar-refractivity contribution < 1.29 is 0 Å². The average Bonchev–Trinajstić information content (AvgIpc) is 2.96. The maximum atomic E-state index is 13.1. The van der Waals surface area contributed by atoms with Gasteiger partial charge < -0.3 is 0 Å². The zero-order chi connectivity index (χ0) is 17.6. The van der Waals surface area contributed by atoms with Gasteiger partial charge in [-0.3, -0.25) is 9.36 Å². The maximum Gasteiger partial charge on any atom is 0.262 e. The summed E-state index contributed by atoms with van der Waals surface area (Å²) in [5.74, 6) is 0.680. The molecule has 0 saturated carbocycles. The highest BCUT2D eigenvalue weighted by atomic mass is 32.1. The summed E-state index contributed by atoms with van der Waals surface area (Å²) >= 11 is 1.72. The van der Waals surface area contributed by atoms with Gasteiger partial charge in [-0.05, 0) is 41.7 Å². The zero-order valence-electron chi connectivity index (χ0n) is 15.1. The van der Waals surface area contributed by atoms with Gasteiger partial charge in [-0.1, -0.05) is 51.1 Å². The first kappa shape index (κ1) is 16.5. The van der Waals surface area contributed by atoms with Crippen molar-refractivity contribution in [1.29, 1.82) is 0 Å². The van der Waals surface area contributed by atoms with E-state index < -0.39 is 0 Å². The third-order valence-corrected chi connectivity index (χ3v) is 6.62. The van der Waals surface area contributed by atoms with E-state index >= 15 is 0 Å². The third kappa shape index (κ3) is 3.04. The number of nitrogens with zero attached hydrogens (tertiary/aromatic N) is 2. The predicted octanol–water partition coefficient (Wildman–Crippen LogP) is 4.66. The second kappa shape index (κ2) is 6.10. The fourth-order valence-electron chi connectivity index (χ4n) is 3.83. The van der Waals surface area contributed by atoms with Gasteiger partial charge in [0.1, 0.15) is 4.83 Å². The molecule has 25 heavy (non-hydrogen) atoms. The molecular formula is C21H24N2OS. The molecule has 130 valence electrons. The van der Waals surface area contributed by atoms with Crippen LogP contribution in [0.5, 0.6) is 0 Å². The van der Waals surface area contributed by atoms with Gasteiger partial charge in [0.15, 0.2) is 0 Å². The molecule has 2 aromatic heterocycles. The van der Waals surface area contributed by atoms with Crippen molar-refractivity contribution in [3.63, 3.8) is 0 Å². The fourth-order valence-corrected chi connectivity index (χ4v) is 5.09. The lowest BCUT2D eigenvalue weighted by Crippen LogP contribution is -2.27. The number of rotatable bonds is 2. The van der Waals surface area contributed by atoms with Crippen molar-refractivity contribution >= 4 is 21.6 Å². The molecule has 0 amide bonds. The summed E-state index contributed by atoms with van der Waals surface area (Å²) in [5.41, 5.74) is 2.82. The molecule has 0 N–H and O–H groups in total. The molecule has 0 spiro atoms. The molecule has 0 fully saturated rings. The van der Waals surface area contributed by atoms with Gasteiger partial charge in [0.2, 0.25) is 0 Å². The summed E-state index contributed by atoms with van der Waals surface area (Å²) in [6, 6.07) is 10.1. The van der Waals surface area contributed by atoms with Crippen LogP contribution in [-0.2, 0) is 19.4 Å². The number of aromatic nitrogens is 2. The SMILES string of the molecule is CC(C)(C)C1CCc2c(sc3ncn(Cc4ccccc4)c(=O)c23)C1. The number of aryl methyl sites for hydroxylation is 1. The highest BCUT2D eigenvalue weighted by molar-refractivity contribution is 7.18. The van der Waals surface area contributed by atoms with E-state index in [0.717, 1.165) is 35.0 Å². The van der Waals surface area contributed by atoms with E-state index in [2.05, 4.69) is 25.8 Å². The summed E-state index contributed by atoms with van der Waals surface area (Å²) in [7, 11) is 0. The first-order valence-electron chi connectivity index (χ1n) is 8.97. The molecule has 1 aliphatic carbocycles. The van der Waals surface area contributed by atoms with Gasteiger partial charge in [-0.25, -0.2) is 4.98 Å². The Morgan fingerprint density at radius 3 is 2.72 bits per heavy atom. The van der Waals surface area contributed by atoms with Gasteiger partial charge in [0.25, 0.3) is 5.56 Å². The topological polar surface area (TPSA) is 34.9 Å². The minimum Gasteiger partial charge on any atom is -0.294 e. The van der Waals surface area contributed by atoms with Crippen molar-refractivity contribution in [3.8, 4) is 0 Å². The zero-order valence-corrected chi connectivity index (χ0v) is 15.9. The first-order valence-corrected chi connectivity index (χ1v) is 9.79. The minimum atomic E-state index is 0.112. The molecule has 0 bridgehead atoms. The molecule has 4 heteroatoms. The van der Waals surface area contributed by atoms with Crippen LogP contribution < -0.4 is 5.56 Å². The van der Waals surface area contributed by atoms with E-state index in [4.69, 9.17) is 0 Å². The molecular weight excluding hydrogens is 328 g/mol. The molecule has 1 aliphatic rings. The van der Waals surface area contributed by atoms with Crippen LogP contribution in [0, 0.1) is 11.3 Å². The molecule has 1 atom stereocenters. The van der Waals surface area contributed by atoms with E-state index in [0.29, 0.717) is 17.9 Å². The van der Waals surface area contributed by atoms with Crippen LogP contribution in [0.2, 0.25) is 0 Å². The minimum absolute atomic E-state index is 0.112. The van der Waals surface area contributed by atoms with Gasteiger partial charge in [-0.15, -0.1) is 11.3 Å². The van der Waals surface area contributed by atoms with E-state index in [9.17, 15) is 4.79 Å². The summed E-state index contributed by atoms with van der Waals surface area (Å²) in [6.45, 7) is 7.54. The normalized spacial score (nSPS) is 17.6. The van der Waals surface area contributed by atoms with Gasteiger partial charge in [-0.2, -0.15) is 0 Å². The quantitative estimate of drug-likeness (QED) is 0.672. The Morgan fingerprint density at radius 2 is 2.00 bits per heavy atom. The molecule has 0 aliphatic heterocycles. The molecule has 3 aromatic rings. The predicted molar refractivity (Wildman–Crippen MR) is 104 cm³/mol. The lowest BCUT2D eigenvalue weighted by molar-refractivity contribution is 0.218. The molecule has 1 unspecified atom stereocenters. The lowest BCUT2D eigenvalue weighted by atomic mass is 9.72. The van der Waals surface area contributed by atoms with Gasteiger partial charge >= 0.3 is 0 Å². The van der Waals surface area contributed by atoms with Crippen LogP contribution in [0.1, 0.15) is 43.2 Å². The molecule has 0 saturated heterocycles. The summed E-state index contributed by atoms with van der Waals surface area (Å²) < 4.78 is 1.75. The fraction of sp³-hybridized carbons (Fsp3) is 0.429. The Hall–Kier alpha value is -1.94. The molecule has 2 heterocycles. The average molecular weight is 353 g/mol. The van der Waals surface area contributed by atoms with Gasteiger partial charge in [0, 0.05) is 4.88 Å². The van der Waals surface area contributed by atoms with Crippen LogP contribution in [0.4, 0.5) is 0 Å². The van der Waals surface area contributed by atoms with Crippen LogP contribution in [-0.4, -0.2) is 9.55 Å². The highest BCUT2D eigenvalue weighted by Crippen LogP contribution is 2.41. The van der Waals surface area contributed by atoms with Crippen LogP contribution >= 0.6 is 11.3 Å². The Morgan fingerprint density at radius 1 is 1.24 bits per heavy atom. The first-order chi connectivity index (χ1) is 11.9. The van der Waals surface area contributed by atoms with E-state index in [1.54, 1.807) is 22.2 Å². The summed E-state index contributed by atoms with van der Waals surface area (Å²) in [4.78, 5) is 20.0. The van der Waals surface area contributed by atoms with Gasteiger partial charge in [0.05, 0.1) is 18.3 Å². The van der Waals surface area contributed by atoms with Crippen LogP contribution in [0.3, 0.4) is 0 Å². The van der Waals surface area contributed by atoms with Crippen molar-refractivity contribution in [2.45, 2.75) is 46.6 Å². The Balaban J connectivity index is 1.75. The van der Waals surface area contributed by atoms with Crippen molar-refractivity contribution in [2.75, 3.05) is 0 Å². The number of thiophene rings is 1.